The van der Waals surface area contributed by atoms with Crippen LogP contribution in [0, 0.1) is 0 Å². The molecule has 238 valence electrons. The summed E-state index contributed by atoms with van der Waals surface area (Å²) in [7, 11) is 0. The van der Waals surface area contributed by atoms with Gasteiger partial charge in [-0.25, -0.2) is 0 Å². The van der Waals surface area contributed by atoms with Crippen LogP contribution in [-0.2, 0) is 19.1 Å². The van der Waals surface area contributed by atoms with Crippen molar-refractivity contribution in [2.24, 2.45) is 0 Å². The fraction of sp³-hybridized carbons (Fsp3) is 0.944. The van der Waals surface area contributed by atoms with Crippen LogP contribution in [0.5, 0.6) is 0 Å². The van der Waals surface area contributed by atoms with Crippen LogP contribution in [0.4, 0.5) is 0 Å². The largest absolute Gasteiger partial charge is 0.462 e. The summed E-state index contributed by atoms with van der Waals surface area (Å²) >= 11 is 0. The molecule has 0 aromatic heterocycles. The number of rotatable bonds is 31. The first-order valence-corrected chi connectivity index (χ1v) is 18.0. The van der Waals surface area contributed by atoms with Gasteiger partial charge >= 0.3 is 11.9 Å². The lowest BCUT2D eigenvalue weighted by atomic mass is 10.0. The second-order valence-corrected chi connectivity index (χ2v) is 12.2. The van der Waals surface area contributed by atoms with Gasteiger partial charge in [-0.3, -0.25) is 9.59 Å². The minimum atomic E-state index is -0.228. The van der Waals surface area contributed by atoms with Crippen molar-refractivity contribution in [1.82, 2.24) is 0 Å². The predicted octanol–water partition coefficient (Wildman–Crippen LogP) is 11.8. The fourth-order valence-electron chi connectivity index (χ4n) is 5.47. The van der Waals surface area contributed by atoms with Crippen LogP contribution < -0.4 is 0 Å². The molecule has 0 N–H and O–H groups in total. The van der Waals surface area contributed by atoms with Crippen LogP contribution >= 0.6 is 0 Å². The molecule has 0 aliphatic heterocycles. The van der Waals surface area contributed by atoms with E-state index in [1.807, 2.05) is 0 Å². The van der Waals surface area contributed by atoms with Gasteiger partial charge in [0, 0.05) is 0 Å². The number of hydrogen-bond acceptors (Lipinski definition) is 4. The highest BCUT2D eigenvalue weighted by Gasteiger charge is 2.18. The Kier molecular flexibility index (Phi) is 30.1. The number of carbonyl (C=O) groups excluding carboxylic acids is 2. The van der Waals surface area contributed by atoms with Gasteiger partial charge in [-0.15, -0.1) is 0 Å². The Bertz CT molecular complexity index is 499. The Morgan fingerprint density at radius 3 is 0.850 bits per heavy atom. The maximum absolute atomic E-state index is 12.7. The Morgan fingerprint density at radius 2 is 0.600 bits per heavy atom. The highest BCUT2D eigenvalue weighted by molar-refractivity contribution is 5.77. The number of carbonyl (C=O) groups is 2. The van der Waals surface area contributed by atoms with Crippen molar-refractivity contribution < 1.29 is 19.1 Å². The van der Waals surface area contributed by atoms with Crippen LogP contribution in [0.3, 0.4) is 0 Å². The van der Waals surface area contributed by atoms with Crippen molar-refractivity contribution in [3.05, 3.63) is 0 Å². The Morgan fingerprint density at radius 1 is 0.375 bits per heavy atom. The molecule has 0 radical (unpaired) electrons. The first-order valence-electron chi connectivity index (χ1n) is 18.0. The normalized spacial score (nSPS) is 12.8. The smallest absolute Gasteiger partial charge is 0.306 e. The monoisotopic (exact) mass is 567 g/mol. The molecule has 40 heavy (non-hydrogen) atoms. The van der Waals surface area contributed by atoms with Crippen molar-refractivity contribution >= 4 is 11.9 Å². The maximum atomic E-state index is 12.7. The predicted molar refractivity (Wildman–Crippen MR) is 172 cm³/mol. The van der Waals surface area contributed by atoms with E-state index in [2.05, 4.69) is 27.7 Å². The first kappa shape index (κ1) is 38.9. The topological polar surface area (TPSA) is 52.6 Å². The van der Waals surface area contributed by atoms with Crippen molar-refractivity contribution in [3.63, 3.8) is 0 Å². The molecule has 0 spiro atoms. The summed E-state index contributed by atoms with van der Waals surface area (Å²) in [5, 5.41) is 0. The molecule has 0 aliphatic carbocycles. The third-order valence-corrected chi connectivity index (χ3v) is 8.15. The molecule has 0 saturated heterocycles. The van der Waals surface area contributed by atoms with Gasteiger partial charge in [-0.1, -0.05) is 143 Å². The van der Waals surface area contributed by atoms with Crippen LogP contribution in [0.15, 0.2) is 0 Å². The lowest BCUT2D eigenvalue weighted by Gasteiger charge is -2.19. The molecule has 0 bridgehead atoms. The third-order valence-electron chi connectivity index (χ3n) is 8.15. The molecule has 0 saturated carbocycles. The molecule has 0 rings (SSSR count). The van der Waals surface area contributed by atoms with Crippen LogP contribution in [-0.4, -0.2) is 24.1 Å². The van der Waals surface area contributed by atoms with E-state index in [1.54, 1.807) is 0 Å². The van der Waals surface area contributed by atoms with Gasteiger partial charge in [0.1, 0.15) is 12.2 Å². The van der Waals surface area contributed by atoms with Crippen molar-refractivity contribution in [1.29, 1.82) is 0 Å². The van der Waals surface area contributed by atoms with Crippen molar-refractivity contribution in [3.8, 4) is 0 Å². The lowest BCUT2D eigenvalue weighted by molar-refractivity contribution is -0.156. The van der Waals surface area contributed by atoms with Crippen LogP contribution in [0.1, 0.15) is 207 Å². The highest BCUT2D eigenvalue weighted by Crippen LogP contribution is 2.19. The zero-order valence-electron chi connectivity index (χ0n) is 27.6. The minimum Gasteiger partial charge on any atom is -0.462 e. The maximum Gasteiger partial charge on any atom is 0.306 e. The third kappa shape index (κ3) is 27.1. The van der Waals surface area contributed by atoms with E-state index in [-0.39, 0.29) is 37.0 Å². The molecule has 4 nitrogen and oxygen atoms in total. The molecule has 0 aromatic carbocycles. The molecule has 0 aromatic rings. The van der Waals surface area contributed by atoms with E-state index in [4.69, 9.17) is 9.47 Å². The summed E-state index contributed by atoms with van der Waals surface area (Å²) in [6.45, 7) is 8.96. The van der Waals surface area contributed by atoms with E-state index < -0.39 is 0 Å². The van der Waals surface area contributed by atoms with Gasteiger partial charge in [0.25, 0.3) is 0 Å². The quantitative estimate of drug-likeness (QED) is 0.0618. The molecule has 2 unspecified atom stereocenters. The molecule has 0 aliphatic rings. The van der Waals surface area contributed by atoms with Crippen LogP contribution in [0.25, 0.3) is 0 Å². The summed E-state index contributed by atoms with van der Waals surface area (Å²) in [6.07, 6.45) is 31.3. The number of ether oxygens (including phenoxy) is 2. The van der Waals surface area contributed by atoms with Gasteiger partial charge < -0.3 is 9.47 Å². The average molecular weight is 567 g/mol. The minimum absolute atomic E-state index is 0.0000930. The zero-order valence-corrected chi connectivity index (χ0v) is 27.6. The zero-order chi connectivity index (χ0) is 29.5. The number of unbranched alkanes of at least 4 members (excludes halogenated alkanes) is 18. The highest BCUT2D eigenvalue weighted by atomic mass is 16.5. The van der Waals surface area contributed by atoms with Gasteiger partial charge in [-0.05, 0) is 51.4 Å². The van der Waals surface area contributed by atoms with Gasteiger partial charge in [-0.2, -0.15) is 0 Å². The standard InChI is InChI=1S/C36H70O4/c1-5-9-13-17-21-25-29-33(27-23-19-15-11-7-3)39-35(37)31-32-36(38)40-34(28-24-20-16-12-8-4)30-26-22-18-14-10-6-2/h33-34H,5-32H2,1-4H3. The van der Waals surface area contributed by atoms with Gasteiger partial charge in [0.15, 0.2) is 0 Å². The summed E-state index contributed by atoms with van der Waals surface area (Å²) < 4.78 is 11.8. The summed E-state index contributed by atoms with van der Waals surface area (Å²) in [5.74, 6) is -0.456. The van der Waals surface area contributed by atoms with E-state index >= 15 is 0 Å². The fourth-order valence-corrected chi connectivity index (χ4v) is 5.47. The Balaban J connectivity index is 4.55. The van der Waals surface area contributed by atoms with Crippen molar-refractivity contribution in [2.75, 3.05) is 0 Å². The van der Waals surface area contributed by atoms with E-state index in [0.29, 0.717) is 0 Å². The molecule has 0 amide bonds. The molecule has 4 heteroatoms. The second-order valence-electron chi connectivity index (χ2n) is 12.2. The molecular formula is C36H70O4. The number of esters is 2. The van der Waals surface area contributed by atoms with Crippen LogP contribution in [0.2, 0.25) is 0 Å². The summed E-state index contributed by atoms with van der Waals surface area (Å²) in [4.78, 5) is 25.4. The van der Waals surface area contributed by atoms with E-state index in [0.717, 1.165) is 51.4 Å². The second kappa shape index (κ2) is 30.9. The Labute approximate surface area is 250 Å². The van der Waals surface area contributed by atoms with E-state index in [9.17, 15) is 9.59 Å². The molecule has 0 heterocycles. The summed E-state index contributed by atoms with van der Waals surface area (Å²) in [6, 6.07) is 0. The lowest BCUT2D eigenvalue weighted by Crippen LogP contribution is -2.21. The Hall–Kier alpha value is -1.06. The SMILES string of the molecule is CCCCCCCCC(CCCCCCC)OC(=O)CCC(=O)OC(CCCCCCC)CCCCCCCC. The summed E-state index contributed by atoms with van der Waals surface area (Å²) in [5.41, 5.74) is 0. The van der Waals surface area contributed by atoms with Crippen molar-refractivity contribution in [2.45, 2.75) is 220 Å². The number of hydrogen-bond donors (Lipinski definition) is 0. The molecule has 0 fully saturated rings. The molecule has 2 atom stereocenters. The molecular weight excluding hydrogens is 496 g/mol. The van der Waals surface area contributed by atoms with E-state index in [1.165, 1.54) is 116 Å². The first-order chi connectivity index (χ1) is 19.6. The average Bonchev–Trinajstić information content (AvgIpc) is 2.95. The van der Waals surface area contributed by atoms with Gasteiger partial charge in [0.2, 0.25) is 0 Å². The van der Waals surface area contributed by atoms with Gasteiger partial charge in [0.05, 0.1) is 12.8 Å².